The first-order chi connectivity index (χ1) is 17.0. The van der Waals surface area contributed by atoms with Crippen molar-refractivity contribution in [3.05, 3.63) is 12.2 Å². The summed E-state index contributed by atoms with van der Waals surface area (Å²) in [5, 5.41) is 2.62. The predicted octanol–water partition coefficient (Wildman–Crippen LogP) is -0.0211. The van der Waals surface area contributed by atoms with Crippen LogP contribution in [0.15, 0.2) is 12.2 Å². The van der Waals surface area contributed by atoms with Crippen molar-refractivity contribution in [3.8, 4) is 0 Å². The van der Waals surface area contributed by atoms with Gasteiger partial charge in [-0.15, -0.1) is 0 Å². The van der Waals surface area contributed by atoms with Crippen LogP contribution in [0.1, 0.15) is 64.2 Å². The quantitative estimate of drug-likeness (QED) is 0.276. The Bertz CT molecular complexity index is 1060. The molecule has 12 nitrogen and oxygen atoms in total. The molecule has 200 valence electrons. The van der Waals surface area contributed by atoms with Crippen LogP contribution in [-0.2, 0) is 29.1 Å². The molecule has 0 aromatic carbocycles. The van der Waals surface area contributed by atoms with E-state index >= 15 is 0 Å². The van der Waals surface area contributed by atoms with Crippen molar-refractivity contribution in [3.63, 3.8) is 0 Å². The molecule has 2 aliphatic heterocycles. The Morgan fingerprint density at radius 3 is 2.56 bits per heavy atom. The summed E-state index contributed by atoms with van der Waals surface area (Å²) in [6.07, 6.45) is 6.42. The summed E-state index contributed by atoms with van der Waals surface area (Å²) in [6.45, 7) is 0.310. The van der Waals surface area contributed by atoms with Crippen LogP contribution in [0.2, 0.25) is 0 Å². The maximum Gasteiger partial charge on any atom is 0.405 e. The van der Waals surface area contributed by atoms with E-state index in [1.807, 2.05) is 6.08 Å². The Labute approximate surface area is 210 Å². The lowest BCUT2D eigenvalue weighted by molar-refractivity contribution is -0.157. The number of nitrogens with two attached hydrogens (primary N) is 2. The Hall–Kier alpha value is -2.67. The number of carbonyl (C=O) groups is 4. The van der Waals surface area contributed by atoms with Crippen LogP contribution in [0.25, 0.3) is 0 Å². The fraction of sp³-hybridized carbons (Fsp3) is 0.739. The molecule has 4 rings (SSSR count). The van der Waals surface area contributed by atoms with Gasteiger partial charge in [-0.3, -0.25) is 14.4 Å². The number of ether oxygens (including phenoxy) is 1. The van der Waals surface area contributed by atoms with Crippen LogP contribution in [0.3, 0.4) is 0 Å². The van der Waals surface area contributed by atoms with Gasteiger partial charge in [0.15, 0.2) is 11.0 Å². The lowest BCUT2D eigenvalue weighted by Gasteiger charge is -2.37. The molecule has 0 aromatic rings. The number of nitrogens with one attached hydrogen (secondary N) is 2. The van der Waals surface area contributed by atoms with Crippen molar-refractivity contribution < 1.29 is 32.3 Å². The van der Waals surface area contributed by atoms with Crippen molar-refractivity contribution in [2.75, 3.05) is 13.1 Å². The molecule has 2 heterocycles. The molecule has 0 bridgehead atoms. The van der Waals surface area contributed by atoms with Crippen LogP contribution in [-0.4, -0.2) is 66.7 Å². The van der Waals surface area contributed by atoms with Crippen molar-refractivity contribution in [2.24, 2.45) is 23.3 Å². The Balaban J connectivity index is 1.69. The number of rotatable bonds is 6. The van der Waals surface area contributed by atoms with Gasteiger partial charge in [-0.25, -0.2) is 17.9 Å². The average molecular weight is 526 g/mol. The number of hydrogen-bond donors (Lipinski definition) is 4. The highest BCUT2D eigenvalue weighted by molar-refractivity contribution is 7.91. The van der Waals surface area contributed by atoms with E-state index in [-0.39, 0.29) is 44.7 Å². The van der Waals surface area contributed by atoms with Gasteiger partial charge in [0.25, 0.3) is 17.7 Å². The van der Waals surface area contributed by atoms with Crippen LogP contribution in [0.4, 0.5) is 4.79 Å². The Morgan fingerprint density at radius 1 is 1.14 bits per heavy atom. The molecule has 4 atom stereocenters. The molecule has 4 unspecified atom stereocenters. The fourth-order valence-corrected chi connectivity index (χ4v) is 7.10. The zero-order chi connectivity index (χ0) is 26.1. The molecule has 2 saturated carbocycles. The van der Waals surface area contributed by atoms with Crippen molar-refractivity contribution in [1.29, 1.82) is 0 Å². The summed E-state index contributed by atoms with van der Waals surface area (Å²) in [4.78, 5) is 50.9. The van der Waals surface area contributed by atoms with Crippen molar-refractivity contribution >= 4 is 33.8 Å². The zero-order valence-corrected chi connectivity index (χ0v) is 21.1. The number of fused-ring (bicyclic) bond motifs is 2. The molecule has 2 aliphatic carbocycles. The summed E-state index contributed by atoms with van der Waals surface area (Å²) in [7, 11) is -4.00. The third kappa shape index (κ3) is 4.95. The first kappa shape index (κ1) is 26.4. The standard InChI is InChI=1S/C23H35N5O7S/c24-19(30)22-11-6-12-28(22)18(29)17(35-21(25)32)8-5-3-1-2-4-7-16-13-23(16,27-20(22)31)36(33,34)26-14-15-9-10-15/h4,7,15-17,26H,1-3,5-6,8-14H2,(H2,24,30)(H2,25,32)(H,27,31)/b7-4-. The molecule has 6 N–H and O–H groups in total. The fourth-order valence-electron chi connectivity index (χ4n) is 5.28. The van der Waals surface area contributed by atoms with Crippen LogP contribution in [0, 0.1) is 11.8 Å². The molecule has 4 amide bonds. The maximum absolute atomic E-state index is 13.8. The zero-order valence-electron chi connectivity index (χ0n) is 20.2. The van der Waals surface area contributed by atoms with E-state index < -0.39 is 56.3 Å². The third-order valence-electron chi connectivity index (χ3n) is 7.70. The van der Waals surface area contributed by atoms with Crippen LogP contribution in [0.5, 0.6) is 0 Å². The topological polar surface area (TPSA) is 191 Å². The monoisotopic (exact) mass is 525 g/mol. The molecule has 1 saturated heterocycles. The second kappa shape index (κ2) is 10.0. The minimum absolute atomic E-state index is 0.0246. The van der Waals surface area contributed by atoms with Gasteiger partial charge < -0.3 is 26.4 Å². The summed E-state index contributed by atoms with van der Waals surface area (Å²) in [5.74, 6) is -2.96. The van der Waals surface area contributed by atoms with Crippen LogP contribution < -0.4 is 21.5 Å². The number of nitrogens with zero attached hydrogens (tertiary/aromatic N) is 1. The van der Waals surface area contributed by atoms with E-state index in [1.54, 1.807) is 6.08 Å². The summed E-state index contributed by atoms with van der Waals surface area (Å²) < 4.78 is 34.5. The number of carbonyl (C=O) groups excluding carboxylic acids is 4. The number of sulfonamides is 1. The molecule has 36 heavy (non-hydrogen) atoms. The number of allylic oxidation sites excluding steroid dienone is 1. The van der Waals surface area contributed by atoms with Gasteiger partial charge in [0.2, 0.25) is 15.6 Å². The Morgan fingerprint density at radius 2 is 1.89 bits per heavy atom. The van der Waals surface area contributed by atoms with Gasteiger partial charge in [-0.2, -0.15) is 0 Å². The van der Waals surface area contributed by atoms with Gasteiger partial charge in [-0.1, -0.05) is 18.6 Å². The minimum Gasteiger partial charge on any atom is -0.436 e. The summed E-state index contributed by atoms with van der Waals surface area (Å²) >= 11 is 0. The van der Waals surface area contributed by atoms with Gasteiger partial charge >= 0.3 is 6.09 Å². The SMILES string of the molecule is NC(=O)OC1CCCCC/C=C\C2CC2(S(=O)(=O)NCC2CC2)NC(=O)C2(C(N)=O)CCCN2C1=O. The van der Waals surface area contributed by atoms with Crippen LogP contribution >= 0.6 is 0 Å². The summed E-state index contributed by atoms with van der Waals surface area (Å²) in [6, 6.07) is 0. The second-order valence-electron chi connectivity index (χ2n) is 10.3. The normalized spacial score (nSPS) is 34.4. The second-order valence-corrected chi connectivity index (χ2v) is 12.3. The van der Waals surface area contributed by atoms with E-state index in [9.17, 15) is 27.6 Å². The van der Waals surface area contributed by atoms with Gasteiger partial charge in [-0.05, 0) is 63.7 Å². The predicted molar refractivity (Wildman–Crippen MR) is 128 cm³/mol. The lowest BCUT2D eigenvalue weighted by Crippen LogP contribution is -2.68. The first-order valence-corrected chi connectivity index (χ1v) is 14.1. The third-order valence-corrected chi connectivity index (χ3v) is 9.77. The number of primary amides is 2. The van der Waals surface area contributed by atoms with E-state index in [1.165, 1.54) is 0 Å². The van der Waals surface area contributed by atoms with E-state index in [2.05, 4.69) is 10.0 Å². The highest BCUT2D eigenvalue weighted by atomic mass is 32.2. The molecule has 0 radical (unpaired) electrons. The molecule has 4 aliphatic rings. The van der Waals surface area contributed by atoms with E-state index in [0.29, 0.717) is 12.8 Å². The van der Waals surface area contributed by atoms with E-state index in [4.69, 9.17) is 16.2 Å². The average Bonchev–Trinajstić information content (AvgIpc) is 3.72. The minimum atomic E-state index is -4.00. The number of hydrogen-bond acceptors (Lipinski definition) is 7. The molecular formula is C23H35N5O7S. The maximum atomic E-state index is 13.8. The molecular weight excluding hydrogens is 490 g/mol. The van der Waals surface area contributed by atoms with E-state index in [0.717, 1.165) is 30.6 Å². The van der Waals surface area contributed by atoms with Gasteiger partial charge in [0, 0.05) is 19.0 Å². The molecule has 13 heteroatoms. The molecule has 0 spiro atoms. The first-order valence-electron chi connectivity index (χ1n) is 12.6. The van der Waals surface area contributed by atoms with Crippen molar-refractivity contribution in [2.45, 2.75) is 80.7 Å². The lowest BCUT2D eigenvalue weighted by atomic mass is 9.92. The highest BCUT2D eigenvalue weighted by Gasteiger charge is 2.67. The highest BCUT2D eigenvalue weighted by Crippen LogP contribution is 2.49. The van der Waals surface area contributed by atoms with Crippen molar-refractivity contribution in [1.82, 2.24) is 14.9 Å². The smallest absolute Gasteiger partial charge is 0.405 e. The Kier molecular flexibility index (Phi) is 7.33. The summed E-state index contributed by atoms with van der Waals surface area (Å²) in [5.41, 5.74) is 8.79. The molecule has 0 aromatic heterocycles. The van der Waals surface area contributed by atoms with Gasteiger partial charge in [0.05, 0.1) is 0 Å². The molecule has 3 fully saturated rings. The largest absolute Gasteiger partial charge is 0.436 e. The van der Waals surface area contributed by atoms with Gasteiger partial charge in [0.1, 0.15) is 0 Å². The number of amides is 4.